The normalized spacial score (nSPS) is 11.4. The summed E-state index contributed by atoms with van der Waals surface area (Å²) < 4.78 is 39.5. The second kappa shape index (κ2) is 5.80. The van der Waals surface area contributed by atoms with Crippen molar-refractivity contribution in [2.75, 3.05) is 11.1 Å². The fourth-order valence-electron chi connectivity index (χ4n) is 1.58. The summed E-state index contributed by atoms with van der Waals surface area (Å²) in [6, 6.07) is 8.62. The van der Waals surface area contributed by atoms with Crippen molar-refractivity contribution in [1.29, 1.82) is 0 Å². The van der Waals surface area contributed by atoms with Gasteiger partial charge < -0.3 is 11.1 Å². The fraction of sp³-hybridized carbons (Fsp3) is 0.0769. The minimum absolute atomic E-state index is 0.350. The molecule has 2 nitrogen and oxygen atoms in total. The quantitative estimate of drug-likeness (QED) is 0.469. The second-order valence-corrected chi connectivity index (χ2v) is 6.07. The van der Waals surface area contributed by atoms with Gasteiger partial charge in [-0.15, -0.1) is 0 Å². The highest BCUT2D eigenvalue weighted by atomic mass is 127. The lowest BCUT2D eigenvalue weighted by Crippen LogP contribution is -2.06. The van der Waals surface area contributed by atoms with Crippen LogP contribution in [-0.4, -0.2) is 0 Å². The molecular weight excluding hydrogens is 448 g/mol. The molecule has 0 unspecified atom stereocenters. The summed E-state index contributed by atoms with van der Waals surface area (Å²) in [6.07, 6.45) is -4.37. The molecule has 106 valence electrons. The molecule has 7 heteroatoms. The minimum Gasteiger partial charge on any atom is -0.399 e. The van der Waals surface area contributed by atoms with E-state index in [2.05, 4.69) is 43.8 Å². The number of hydrogen-bond acceptors (Lipinski definition) is 2. The Morgan fingerprint density at radius 3 is 2.35 bits per heavy atom. The van der Waals surface area contributed by atoms with Crippen LogP contribution in [0.4, 0.5) is 30.2 Å². The zero-order chi connectivity index (χ0) is 14.9. The highest BCUT2D eigenvalue weighted by Gasteiger charge is 2.30. The van der Waals surface area contributed by atoms with Crippen molar-refractivity contribution in [2.45, 2.75) is 6.18 Å². The average molecular weight is 457 g/mol. The highest BCUT2D eigenvalue weighted by molar-refractivity contribution is 14.1. The van der Waals surface area contributed by atoms with Crippen LogP contribution in [-0.2, 0) is 6.18 Å². The molecule has 0 saturated carbocycles. The minimum atomic E-state index is -4.37. The van der Waals surface area contributed by atoms with Crippen molar-refractivity contribution in [2.24, 2.45) is 0 Å². The number of anilines is 3. The standard InChI is InChI=1S/C13H9BrF3IN2/c14-9-3-1-7(13(15,16)17)5-12(9)20-11-4-2-8(19)6-10(11)18/h1-6,20H,19H2. The van der Waals surface area contributed by atoms with E-state index >= 15 is 0 Å². The molecule has 0 amide bonds. The van der Waals surface area contributed by atoms with Crippen LogP contribution < -0.4 is 11.1 Å². The molecule has 20 heavy (non-hydrogen) atoms. The molecule has 3 N–H and O–H groups in total. The van der Waals surface area contributed by atoms with Gasteiger partial charge >= 0.3 is 6.18 Å². The van der Waals surface area contributed by atoms with Gasteiger partial charge in [0.25, 0.3) is 0 Å². The van der Waals surface area contributed by atoms with Crippen LogP contribution in [0.1, 0.15) is 5.56 Å². The lowest BCUT2D eigenvalue weighted by Gasteiger charge is -2.14. The average Bonchev–Trinajstić information content (AvgIpc) is 2.33. The van der Waals surface area contributed by atoms with Gasteiger partial charge in [-0.05, 0) is 74.9 Å². The van der Waals surface area contributed by atoms with E-state index in [0.29, 0.717) is 21.5 Å². The van der Waals surface area contributed by atoms with Crippen molar-refractivity contribution < 1.29 is 13.2 Å². The van der Waals surface area contributed by atoms with E-state index < -0.39 is 11.7 Å². The van der Waals surface area contributed by atoms with E-state index in [-0.39, 0.29) is 0 Å². The molecule has 0 aliphatic rings. The van der Waals surface area contributed by atoms with Gasteiger partial charge in [0.15, 0.2) is 0 Å². The highest BCUT2D eigenvalue weighted by Crippen LogP contribution is 2.35. The van der Waals surface area contributed by atoms with Crippen molar-refractivity contribution in [1.82, 2.24) is 0 Å². The van der Waals surface area contributed by atoms with Crippen LogP contribution in [0.2, 0.25) is 0 Å². The van der Waals surface area contributed by atoms with Gasteiger partial charge in [0.05, 0.1) is 16.9 Å². The van der Waals surface area contributed by atoms with E-state index in [9.17, 15) is 13.2 Å². The number of benzene rings is 2. The summed E-state index contributed by atoms with van der Waals surface area (Å²) in [4.78, 5) is 0. The number of nitrogens with one attached hydrogen (secondary N) is 1. The molecule has 2 aromatic rings. The number of nitrogens with two attached hydrogens (primary N) is 1. The Bertz CT molecular complexity index is 644. The van der Waals surface area contributed by atoms with Gasteiger partial charge in [-0.2, -0.15) is 13.2 Å². The molecule has 0 aliphatic heterocycles. The number of halogens is 5. The molecule has 0 heterocycles. The lowest BCUT2D eigenvalue weighted by molar-refractivity contribution is -0.137. The van der Waals surface area contributed by atoms with E-state index in [4.69, 9.17) is 5.73 Å². The zero-order valence-electron chi connectivity index (χ0n) is 9.93. The first-order valence-corrected chi connectivity index (χ1v) is 7.33. The second-order valence-electron chi connectivity index (χ2n) is 4.06. The van der Waals surface area contributed by atoms with Crippen molar-refractivity contribution >= 4 is 55.6 Å². The van der Waals surface area contributed by atoms with E-state index in [1.165, 1.54) is 6.07 Å². The summed E-state index contributed by atoms with van der Waals surface area (Å²) in [5, 5.41) is 2.97. The molecule has 0 aliphatic carbocycles. The summed E-state index contributed by atoms with van der Waals surface area (Å²) in [6.45, 7) is 0. The predicted molar refractivity (Wildman–Crippen MR) is 86.0 cm³/mol. The van der Waals surface area contributed by atoms with Gasteiger partial charge in [0, 0.05) is 13.7 Å². The Labute approximate surface area is 135 Å². The van der Waals surface area contributed by atoms with E-state index in [1.807, 2.05) is 0 Å². The van der Waals surface area contributed by atoms with Crippen LogP contribution in [0.25, 0.3) is 0 Å². The van der Waals surface area contributed by atoms with Gasteiger partial charge in [0.2, 0.25) is 0 Å². The molecule has 2 aromatic carbocycles. The lowest BCUT2D eigenvalue weighted by atomic mass is 10.2. The molecule has 0 radical (unpaired) electrons. The molecule has 0 aromatic heterocycles. The first kappa shape index (κ1) is 15.4. The third kappa shape index (κ3) is 3.57. The topological polar surface area (TPSA) is 38.0 Å². The third-order valence-electron chi connectivity index (χ3n) is 2.56. The number of hydrogen-bond donors (Lipinski definition) is 2. The van der Waals surface area contributed by atoms with Crippen LogP contribution in [0, 0.1) is 3.57 Å². The Morgan fingerprint density at radius 1 is 1.05 bits per heavy atom. The summed E-state index contributed by atoms with van der Waals surface area (Å²) >= 11 is 5.31. The Morgan fingerprint density at radius 2 is 1.75 bits per heavy atom. The fourth-order valence-corrected chi connectivity index (χ4v) is 2.60. The van der Waals surface area contributed by atoms with Crippen LogP contribution in [0.15, 0.2) is 40.9 Å². The summed E-state index contributed by atoms with van der Waals surface area (Å²) in [5.74, 6) is 0. The molecule has 0 fully saturated rings. The summed E-state index contributed by atoms with van der Waals surface area (Å²) in [5.41, 5.74) is 6.58. The van der Waals surface area contributed by atoms with E-state index in [0.717, 1.165) is 15.7 Å². The Balaban J connectivity index is 2.38. The van der Waals surface area contributed by atoms with E-state index in [1.54, 1.807) is 18.2 Å². The predicted octanol–water partition coefficient (Wildman–Crippen LogP) is 5.40. The molecular formula is C13H9BrF3IN2. The molecule has 0 saturated heterocycles. The number of rotatable bonds is 2. The van der Waals surface area contributed by atoms with Crippen molar-refractivity contribution in [3.63, 3.8) is 0 Å². The van der Waals surface area contributed by atoms with Gasteiger partial charge in [0.1, 0.15) is 0 Å². The summed E-state index contributed by atoms with van der Waals surface area (Å²) in [7, 11) is 0. The Hall–Kier alpha value is -0.960. The molecule has 2 rings (SSSR count). The Kier molecular flexibility index (Phi) is 4.48. The van der Waals surface area contributed by atoms with Gasteiger partial charge in [-0.25, -0.2) is 0 Å². The first-order valence-electron chi connectivity index (χ1n) is 5.46. The van der Waals surface area contributed by atoms with Gasteiger partial charge in [-0.3, -0.25) is 0 Å². The smallest absolute Gasteiger partial charge is 0.399 e. The maximum atomic E-state index is 12.7. The maximum Gasteiger partial charge on any atom is 0.416 e. The third-order valence-corrected chi connectivity index (χ3v) is 4.14. The van der Waals surface area contributed by atoms with Crippen LogP contribution >= 0.6 is 38.5 Å². The molecule has 0 spiro atoms. The zero-order valence-corrected chi connectivity index (χ0v) is 13.7. The molecule has 0 atom stereocenters. The first-order chi connectivity index (χ1) is 9.27. The van der Waals surface area contributed by atoms with Crippen LogP contribution in [0.5, 0.6) is 0 Å². The largest absolute Gasteiger partial charge is 0.416 e. The maximum absolute atomic E-state index is 12.7. The number of nitrogen functional groups attached to an aromatic ring is 1. The number of alkyl halides is 3. The monoisotopic (exact) mass is 456 g/mol. The van der Waals surface area contributed by atoms with Crippen molar-refractivity contribution in [3.05, 3.63) is 50.0 Å². The van der Waals surface area contributed by atoms with Gasteiger partial charge in [-0.1, -0.05) is 0 Å². The van der Waals surface area contributed by atoms with Crippen LogP contribution in [0.3, 0.4) is 0 Å². The molecule has 0 bridgehead atoms. The van der Waals surface area contributed by atoms with Crippen molar-refractivity contribution in [3.8, 4) is 0 Å². The SMILES string of the molecule is Nc1ccc(Nc2cc(C(F)(F)F)ccc2Br)c(I)c1.